The lowest BCUT2D eigenvalue weighted by Gasteiger charge is -2.09. The summed E-state index contributed by atoms with van der Waals surface area (Å²) in [4.78, 5) is 37.1. The number of nitrogens with one attached hydrogen (secondary N) is 2. The van der Waals surface area contributed by atoms with Gasteiger partial charge in [0.2, 0.25) is 5.91 Å². The van der Waals surface area contributed by atoms with Crippen molar-refractivity contribution in [1.29, 1.82) is 0 Å². The van der Waals surface area contributed by atoms with Gasteiger partial charge < -0.3 is 15.4 Å². The van der Waals surface area contributed by atoms with Gasteiger partial charge in [0.1, 0.15) is 6.61 Å². The van der Waals surface area contributed by atoms with Crippen LogP contribution in [0.1, 0.15) is 21.7 Å². The van der Waals surface area contributed by atoms with E-state index in [4.69, 9.17) is 4.74 Å². The second-order valence-electron chi connectivity index (χ2n) is 6.64. The van der Waals surface area contributed by atoms with Gasteiger partial charge in [-0.25, -0.2) is 4.68 Å². The van der Waals surface area contributed by atoms with E-state index < -0.39 is 11.7 Å². The van der Waals surface area contributed by atoms with Gasteiger partial charge in [0, 0.05) is 18.5 Å². The Hall–Kier alpha value is -3.78. The lowest BCUT2D eigenvalue weighted by atomic mass is 10.1. The number of carbonyl (C=O) groups excluding carboxylic acids is 3. The smallest absolute Gasteiger partial charge is 0.296 e. The van der Waals surface area contributed by atoms with E-state index in [0.29, 0.717) is 22.8 Å². The lowest BCUT2D eigenvalue weighted by molar-refractivity contribution is -0.119. The summed E-state index contributed by atoms with van der Waals surface area (Å²) >= 11 is 0. The average molecular weight is 406 g/mol. The molecule has 0 aliphatic rings. The van der Waals surface area contributed by atoms with Gasteiger partial charge in [-0.3, -0.25) is 14.4 Å². The number of hydrogen-bond acceptors (Lipinski definition) is 5. The van der Waals surface area contributed by atoms with Gasteiger partial charge in [-0.1, -0.05) is 24.3 Å². The Kier molecular flexibility index (Phi) is 6.38. The van der Waals surface area contributed by atoms with Crippen LogP contribution in [0, 0.1) is 13.8 Å². The summed E-state index contributed by atoms with van der Waals surface area (Å²) in [5, 5.41) is 9.64. The summed E-state index contributed by atoms with van der Waals surface area (Å²) in [6, 6.07) is 15.9. The number of aromatic nitrogens is 2. The van der Waals surface area contributed by atoms with E-state index in [1.807, 2.05) is 30.3 Å². The molecule has 0 saturated carbocycles. The molecule has 2 amide bonds. The highest BCUT2D eigenvalue weighted by Gasteiger charge is 2.25. The van der Waals surface area contributed by atoms with E-state index in [1.165, 1.54) is 7.11 Å². The zero-order valence-corrected chi connectivity index (χ0v) is 16.9. The second kappa shape index (κ2) is 9.15. The Labute approximate surface area is 173 Å². The van der Waals surface area contributed by atoms with Gasteiger partial charge in [-0.15, -0.1) is 0 Å². The van der Waals surface area contributed by atoms with E-state index in [-0.39, 0.29) is 18.1 Å². The van der Waals surface area contributed by atoms with Crippen LogP contribution in [0.5, 0.6) is 0 Å². The van der Waals surface area contributed by atoms with Gasteiger partial charge in [0.25, 0.3) is 11.7 Å². The Morgan fingerprint density at radius 2 is 1.63 bits per heavy atom. The molecule has 0 aliphatic heterocycles. The maximum absolute atomic E-state index is 12.8. The maximum atomic E-state index is 12.8. The Bertz CT molecular complexity index is 1090. The van der Waals surface area contributed by atoms with Crippen LogP contribution in [0.25, 0.3) is 5.69 Å². The molecule has 1 aromatic heterocycles. The first-order valence-corrected chi connectivity index (χ1v) is 9.27. The van der Waals surface area contributed by atoms with Crippen LogP contribution in [0.15, 0.2) is 54.6 Å². The predicted molar refractivity (Wildman–Crippen MR) is 113 cm³/mol. The van der Waals surface area contributed by atoms with E-state index in [1.54, 1.807) is 42.8 Å². The molecular weight excluding hydrogens is 384 g/mol. The summed E-state index contributed by atoms with van der Waals surface area (Å²) in [5.74, 6) is -1.79. The summed E-state index contributed by atoms with van der Waals surface area (Å²) in [5.41, 5.74) is 2.98. The number of nitrogens with zero attached hydrogens (tertiary/aromatic N) is 2. The summed E-state index contributed by atoms with van der Waals surface area (Å²) in [6.45, 7) is 3.36. The molecule has 0 bridgehead atoms. The van der Waals surface area contributed by atoms with Crippen LogP contribution in [-0.4, -0.2) is 41.1 Å². The number of Topliss-reactive ketones (excluding diaryl/α,β-unsaturated/α-hetero) is 1. The third-order valence-electron chi connectivity index (χ3n) is 4.40. The van der Waals surface area contributed by atoms with E-state index in [0.717, 1.165) is 5.69 Å². The van der Waals surface area contributed by atoms with Gasteiger partial charge >= 0.3 is 0 Å². The van der Waals surface area contributed by atoms with Crippen molar-refractivity contribution >= 4 is 29.0 Å². The molecular formula is C22H22N4O4. The molecule has 154 valence electrons. The number of benzene rings is 2. The molecule has 0 aliphatic carbocycles. The topological polar surface area (TPSA) is 102 Å². The monoisotopic (exact) mass is 406 g/mol. The van der Waals surface area contributed by atoms with Gasteiger partial charge in [-0.2, -0.15) is 5.10 Å². The highest BCUT2D eigenvalue weighted by atomic mass is 16.5. The minimum absolute atomic E-state index is 0.0843. The number of ether oxygens (including phenoxy) is 1. The van der Waals surface area contributed by atoms with Crippen LogP contribution in [0.4, 0.5) is 11.4 Å². The number of para-hydroxylation sites is 1. The molecule has 1 heterocycles. The standard InChI is InChI=1S/C22H22N4O4/c1-14-20(15(2)26(25-14)18-10-5-4-6-11-18)21(28)22(29)24-17-9-7-8-16(12-17)23-19(27)13-30-3/h4-12H,13H2,1-3H3,(H,23,27)(H,24,29). The fraction of sp³-hybridized carbons (Fsp3) is 0.182. The number of rotatable bonds is 7. The fourth-order valence-electron chi connectivity index (χ4n) is 3.10. The third-order valence-corrected chi connectivity index (χ3v) is 4.40. The van der Waals surface area contributed by atoms with Crippen molar-refractivity contribution in [3.63, 3.8) is 0 Å². The molecule has 2 aromatic carbocycles. The Balaban J connectivity index is 1.78. The van der Waals surface area contributed by atoms with Crippen molar-refractivity contribution in [3.05, 3.63) is 71.5 Å². The van der Waals surface area contributed by atoms with Gasteiger partial charge in [0.05, 0.1) is 22.6 Å². The Morgan fingerprint density at radius 3 is 2.30 bits per heavy atom. The quantitative estimate of drug-likeness (QED) is 0.464. The van der Waals surface area contributed by atoms with Crippen molar-refractivity contribution in [2.24, 2.45) is 0 Å². The van der Waals surface area contributed by atoms with Gasteiger partial charge in [-0.05, 0) is 44.2 Å². The lowest BCUT2D eigenvalue weighted by Crippen LogP contribution is -2.24. The molecule has 0 unspecified atom stereocenters. The number of methoxy groups -OCH3 is 1. The first-order chi connectivity index (χ1) is 14.4. The first-order valence-electron chi connectivity index (χ1n) is 9.27. The van der Waals surface area contributed by atoms with Crippen LogP contribution >= 0.6 is 0 Å². The normalized spacial score (nSPS) is 10.5. The van der Waals surface area contributed by atoms with Crippen molar-refractivity contribution in [2.75, 3.05) is 24.4 Å². The molecule has 0 spiro atoms. The fourth-order valence-corrected chi connectivity index (χ4v) is 3.10. The first kappa shape index (κ1) is 20.9. The molecule has 0 radical (unpaired) electrons. The second-order valence-corrected chi connectivity index (χ2v) is 6.64. The highest BCUT2D eigenvalue weighted by Crippen LogP contribution is 2.20. The number of hydrogen-bond donors (Lipinski definition) is 2. The molecule has 2 N–H and O–H groups in total. The molecule has 0 atom stereocenters. The Morgan fingerprint density at radius 1 is 0.967 bits per heavy atom. The van der Waals surface area contributed by atoms with E-state index >= 15 is 0 Å². The number of amides is 2. The van der Waals surface area contributed by atoms with Crippen molar-refractivity contribution < 1.29 is 19.1 Å². The molecule has 30 heavy (non-hydrogen) atoms. The van der Waals surface area contributed by atoms with Crippen molar-refractivity contribution in [2.45, 2.75) is 13.8 Å². The summed E-state index contributed by atoms with van der Waals surface area (Å²) in [7, 11) is 1.42. The predicted octanol–water partition coefficient (Wildman–Crippen LogP) is 2.90. The van der Waals surface area contributed by atoms with Crippen molar-refractivity contribution in [1.82, 2.24) is 9.78 Å². The summed E-state index contributed by atoms with van der Waals surface area (Å²) < 4.78 is 6.41. The molecule has 0 saturated heterocycles. The average Bonchev–Trinajstić information content (AvgIpc) is 3.02. The third kappa shape index (κ3) is 4.61. The summed E-state index contributed by atoms with van der Waals surface area (Å²) in [6.07, 6.45) is 0. The molecule has 8 nitrogen and oxygen atoms in total. The molecule has 0 fully saturated rings. The highest BCUT2D eigenvalue weighted by molar-refractivity contribution is 6.47. The van der Waals surface area contributed by atoms with Crippen LogP contribution in [0.2, 0.25) is 0 Å². The number of ketones is 1. The van der Waals surface area contributed by atoms with E-state index in [2.05, 4.69) is 15.7 Å². The maximum Gasteiger partial charge on any atom is 0.296 e. The molecule has 3 aromatic rings. The zero-order chi connectivity index (χ0) is 21.7. The largest absolute Gasteiger partial charge is 0.375 e. The van der Waals surface area contributed by atoms with Crippen molar-refractivity contribution in [3.8, 4) is 5.69 Å². The van der Waals surface area contributed by atoms with Gasteiger partial charge in [0.15, 0.2) is 0 Å². The minimum Gasteiger partial charge on any atom is -0.375 e. The number of anilines is 2. The van der Waals surface area contributed by atoms with E-state index in [9.17, 15) is 14.4 Å². The van der Waals surface area contributed by atoms with Crippen LogP contribution < -0.4 is 10.6 Å². The minimum atomic E-state index is -0.783. The molecule has 3 rings (SSSR count). The zero-order valence-electron chi connectivity index (χ0n) is 16.9. The van der Waals surface area contributed by atoms with Crippen LogP contribution in [-0.2, 0) is 14.3 Å². The van der Waals surface area contributed by atoms with Crippen LogP contribution in [0.3, 0.4) is 0 Å². The number of aryl methyl sites for hydroxylation is 1. The SMILES string of the molecule is COCC(=O)Nc1cccc(NC(=O)C(=O)c2c(C)nn(-c3ccccc3)c2C)c1. The molecule has 8 heteroatoms. The number of carbonyl (C=O) groups is 3.